The number of rotatable bonds is 1. The van der Waals surface area contributed by atoms with Crippen molar-refractivity contribution < 1.29 is 10.2 Å². The van der Waals surface area contributed by atoms with Crippen LogP contribution < -0.4 is 11.5 Å². The summed E-state index contributed by atoms with van der Waals surface area (Å²) >= 11 is 0. The summed E-state index contributed by atoms with van der Waals surface area (Å²) in [5.74, 6) is 0.00986. The van der Waals surface area contributed by atoms with E-state index in [9.17, 15) is 10.2 Å². The van der Waals surface area contributed by atoms with E-state index < -0.39 is 5.60 Å². The number of hydrogen-bond donors (Lipinski definition) is 4. The highest BCUT2D eigenvalue weighted by atomic mass is 16.3. The summed E-state index contributed by atoms with van der Waals surface area (Å²) < 4.78 is 0. The van der Waals surface area contributed by atoms with E-state index in [1.165, 1.54) is 6.07 Å². The molecule has 0 saturated heterocycles. The summed E-state index contributed by atoms with van der Waals surface area (Å²) in [6.07, 6.45) is 5.45. The Labute approximate surface area is 93.5 Å². The third-order valence-corrected chi connectivity index (χ3v) is 2.68. The van der Waals surface area contributed by atoms with E-state index in [0.717, 1.165) is 0 Å². The number of benzene rings is 1. The lowest BCUT2D eigenvalue weighted by molar-refractivity contribution is 0.0880. The average Bonchev–Trinajstić information content (AvgIpc) is 2.21. The van der Waals surface area contributed by atoms with Crippen molar-refractivity contribution in [1.82, 2.24) is 0 Å². The van der Waals surface area contributed by atoms with Gasteiger partial charge in [0.1, 0.15) is 11.4 Å². The molecule has 0 heterocycles. The Morgan fingerprint density at radius 1 is 1.25 bits per heavy atom. The molecule has 0 bridgehead atoms. The molecule has 1 unspecified atom stereocenters. The van der Waals surface area contributed by atoms with Gasteiger partial charge in [0.15, 0.2) is 0 Å². The van der Waals surface area contributed by atoms with Crippen molar-refractivity contribution in [2.45, 2.75) is 12.0 Å². The third-order valence-electron chi connectivity index (χ3n) is 2.68. The fourth-order valence-corrected chi connectivity index (χ4v) is 1.78. The smallest absolute Gasteiger partial charge is 0.138 e. The highest BCUT2D eigenvalue weighted by molar-refractivity contribution is 5.55. The van der Waals surface area contributed by atoms with E-state index >= 15 is 0 Å². The molecule has 0 spiro atoms. The SMILES string of the molecule is NC1=CC=CC(O)(c2ccc(O)c(N)c2)C1. The van der Waals surface area contributed by atoms with Crippen LogP contribution in [0.15, 0.2) is 42.1 Å². The normalized spacial score (nSPS) is 24.2. The molecule has 16 heavy (non-hydrogen) atoms. The van der Waals surface area contributed by atoms with Gasteiger partial charge in [-0.1, -0.05) is 12.1 Å². The Morgan fingerprint density at radius 3 is 2.62 bits per heavy atom. The van der Waals surface area contributed by atoms with Crippen molar-refractivity contribution in [3.63, 3.8) is 0 Å². The van der Waals surface area contributed by atoms with Gasteiger partial charge in [-0.25, -0.2) is 0 Å². The second-order valence-corrected chi connectivity index (χ2v) is 3.98. The van der Waals surface area contributed by atoms with Crippen LogP contribution >= 0.6 is 0 Å². The summed E-state index contributed by atoms with van der Waals surface area (Å²) in [6, 6.07) is 4.65. The maximum atomic E-state index is 10.4. The molecule has 0 radical (unpaired) electrons. The van der Waals surface area contributed by atoms with E-state index in [0.29, 0.717) is 17.7 Å². The number of nitrogens with two attached hydrogens (primary N) is 2. The first-order valence-electron chi connectivity index (χ1n) is 4.96. The Morgan fingerprint density at radius 2 is 2.00 bits per heavy atom. The molecular formula is C12H14N2O2. The second kappa shape index (κ2) is 3.57. The minimum Gasteiger partial charge on any atom is -0.506 e. The molecule has 0 aromatic heterocycles. The lowest BCUT2D eigenvalue weighted by Crippen LogP contribution is -2.27. The highest BCUT2D eigenvalue weighted by Gasteiger charge is 2.28. The van der Waals surface area contributed by atoms with Gasteiger partial charge in [-0.2, -0.15) is 0 Å². The number of nitrogen functional groups attached to an aromatic ring is 1. The van der Waals surface area contributed by atoms with Crippen molar-refractivity contribution >= 4 is 5.69 Å². The first kappa shape index (κ1) is 10.6. The van der Waals surface area contributed by atoms with Crippen molar-refractivity contribution in [2.75, 3.05) is 5.73 Å². The molecule has 1 aromatic rings. The van der Waals surface area contributed by atoms with Gasteiger partial charge in [-0.3, -0.25) is 0 Å². The fourth-order valence-electron chi connectivity index (χ4n) is 1.78. The summed E-state index contributed by atoms with van der Waals surface area (Å²) in [6.45, 7) is 0. The maximum Gasteiger partial charge on any atom is 0.138 e. The van der Waals surface area contributed by atoms with Gasteiger partial charge in [0, 0.05) is 12.1 Å². The first-order chi connectivity index (χ1) is 7.51. The van der Waals surface area contributed by atoms with Crippen molar-refractivity contribution in [3.8, 4) is 5.75 Å². The van der Waals surface area contributed by atoms with Gasteiger partial charge in [0.05, 0.1) is 5.69 Å². The monoisotopic (exact) mass is 218 g/mol. The number of phenols is 1. The van der Waals surface area contributed by atoms with Crippen molar-refractivity contribution in [1.29, 1.82) is 0 Å². The molecule has 0 saturated carbocycles. The van der Waals surface area contributed by atoms with Crippen LogP contribution in [0.25, 0.3) is 0 Å². The van der Waals surface area contributed by atoms with E-state index in [1.807, 2.05) is 0 Å². The van der Waals surface area contributed by atoms with Crippen LogP contribution in [0.1, 0.15) is 12.0 Å². The average molecular weight is 218 g/mol. The summed E-state index contributed by atoms with van der Waals surface area (Å²) in [5, 5.41) is 19.7. The molecule has 0 aliphatic heterocycles. The van der Waals surface area contributed by atoms with Crippen molar-refractivity contribution in [2.24, 2.45) is 5.73 Å². The lowest BCUT2D eigenvalue weighted by atomic mass is 9.86. The highest BCUT2D eigenvalue weighted by Crippen LogP contribution is 2.34. The molecule has 2 rings (SSSR count). The second-order valence-electron chi connectivity index (χ2n) is 3.98. The predicted molar refractivity (Wildman–Crippen MR) is 62.4 cm³/mol. The van der Waals surface area contributed by atoms with Gasteiger partial charge >= 0.3 is 0 Å². The summed E-state index contributed by atoms with van der Waals surface area (Å²) in [5.41, 5.74) is 11.6. The standard InChI is InChI=1S/C12H14N2O2/c13-9-2-1-5-12(16,7-9)8-3-4-11(15)10(14)6-8/h1-6,15-16H,7,13-14H2. The third kappa shape index (κ3) is 1.75. The van der Waals surface area contributed by atoms with Crippen LogP contribution in [0.3, 0.4) is 0 Å². The van der Waals surface area contributed by atoms with Crippen molar-refractivity contribution in [3.05, 3.63) is 47.7 Å². The Hall–Kier alpha value is -1.94. The zero-order chi connectivity index (χ0) is 11.8. The molecule has 84 valence electrons. The zero-order valence-electron chi connectivity index (χ0n) is 8.72. The minimum absolute atomic E-state index is 0.00986. The molecule has 6 N–H and O–H groups in total. The maximum absolute atomic E-state index is 10.4. The van der Waals surface area contributed by atoms with Crippen LogP contribution in [0.5, 0.6) is 5.75 Å². The number of anilines is 1. The number of hydrogen-bond acceptors (Lipinski definition) is 4. The van der Waals surface area contributed by atoms with Gasteiger partial charge in [-0.05, 0) is 29.8 Å². The van der Waals surface area contributed by atoms with Crippen LogP contribution in [-0.4, -0.2) is 10.2 Å². The molecule has 1 aromatic carbocycles. The molecule has 4 heteroatoms. The summed E-state index contributed by atoms with van der Waals surface area (Å²) in [4.78, 5) is 0. The molecule has 0 amide bonds. The number of aliphatic hydroxyl groups is 1. The van der Waals surface area contributed by atoms with E-state index in [2.05, 4.69) is 0 Å². The molecule has 4 nitrogen and oxygen atoms in total. The van der Waals surface area contributed by atoms with Gasteiger partial charge < -0.3 is 21.7 Å². The first-order valence-corrected chi connectivity index (χ1v) is 4.96. The largest absolute Gasteiger partial charge is 0.506 e. The van der Waals surface area contributed by atoms with Gasteiger partial charge in [0.25, 0.3) is 0 Å². The number of aromatic hydroxyl groups is 1. The van der Waals surface area contributed by atoms with Crippen LogP contribution in [0, 0.1) is 0 Å². The zero-order valence-corrected chi connectivity index (χ0v) is 8.72. The van der Waals surface area contributed by atoms with E-state index in [1.54, 1.807) is 30.4 Å². The Bertz CT molecular complexity index is 480. The quantitative estimate of drug-likeness (QED) is 0.417. The molecule has 0 fully saturated rings. The Kier molecular flexibility index (Phi) is 2.36. The molecule has 1 atom stereocenters. The Balaban J connectivity index is 2.41. The lowest BCUT2D eigenvalue weighted by Gasteiger charge is -2.27. The summed E-state index contributed by atoms with van der Waals surface area (Å²) in [7, 11) is 0. The fraction of sp³-hybridized carbons (Fsp3) is 0.167. The number of phenolic OH excluding ortho intramolecular Hbond substituents is 1. The van der Waals surface area contributed by atoms with E-state index in [-0.39, 0.29) is 11.4 Å². The topological polar surface area (TPSA) is 92.5 Å². The molecule has 1 aliphatic rings. The predicted octanol–water partition coefficient (Wildman–Crippen LogP) is 0.965. The number of allylic oxidation sites excluding steroid dienone is 2. The van der Waals surface area contributed by atoms with Crippen LogP contribution in [0.2, 0.25) is 0 Å². The minimum atomic E-state index is -1.14. The van der Waals surface area contributed by atoms with Gasteiger partial charge in [-0.15, -0.1) is 0 Å². The molecule has 1 aliphatic carbocycles. The van der Waals surface area contributed by atoms with Crippen LogP contribution in [-0.2, 0) is 5.60 Å². The van der Waals surface area contributed by atoms with E-state index in [4.69, 9.17) is 11.5 Å². The van der Waals surface area contributed by atoms with Crippen LogP contribution in [0.4, 0.5) is 5.69 Å². The van der Waals surface area contributed by atoms with Gasteiger partial charge in [0.2, 0.25) is 0 Å². The molecular weight excluding hydrogens is 204 g/mol.